The van der Waals surface area contributed by atoms with Crippen LogP contribution in [0, 0.1) is 0 Å². The first-order valence-corrected chi connectivity index (χ1v) is 5.13. The Morgan fingerprint density at radius 2 is 2.38 bits per heavy atom. The lowest BCUT2D eigenvalue weighted by molar-refractivity contribution is 0.836. The van der Waals surface area contributed by atoms with Gasteiger partial charge in [0.25, 0.3) is 0 Å². The highest BCUT2D eigenvalue weighted by Crippen LogP contribution is 2.21. The van der Waals surface area contributed by atoms with Gasteiger partial charge in [-0.05, 0) is 37.6 Å². The zero-order valence-electron chi connectivity index (χ0n) is 5.81. The van der Waals surface area contributed by atoms with Crippen LogP contribution < -0.4 is 0 Å². The van der Waals surface area contributed by atoms with Crippen LogP contribution in [-0.4, -0.2) is 16.8 Å². The Balaban J connectivity index is 2.30. The summed E-state index contributed by atoms with van der Waals surface area (Å²) in [5, 5.41) is 1.06. The van der Waals surface area contributed by atoms with Gasteiger partial charge in [0.15, 0.2) is 0 Å². The van der Waals surface area contributed by atoms with Crippen molar-refractivity contribution in [1.82, 2.24) is 0 Å². The molecule has 1 heterocycles. The molecule has 0 nitrogen and oxygen atoms in total. The summed E-state index contributed by atoms with van der Waals surface area (Å²) in [7, 11) is 0.821. The van der Waals surface area contributed by atoms with Gasteiger partial charge in [0.2, 0.25) is 0 Å². The molecule has 1 heteroatoms. The Morgan fingerprint density at radius 1 is 1.62 bits per heavy atom. The van der Waals surface area contributed by atoms with Crippen molar-refractivity contribution in [3.05, 3.63) is 0 Å². The fourth-order valence-electron chi connectivity index (χ4n) is 1.35. The van der Waals surface area contributed by atoms with Crippen LogP contribution in [0.1, 0.15) is 26.7 Å². The highest BCUT2D eigenvalue weighted by atomic mass is 32.2. The standard InChI is InChI=1S/C7H15S/c1-3-8-6-4-5-7(8)2/h7H,3-6H2,1-2H3/q+1. The van der Waals surface area contributed by atoms with E-state index >= 15 is 0 Å². The smallest absolute Gasteiger partial charge is 0.0198 e. The van der Waals surface area contributed by atoms with E-state index in [-0.39, 0.29) is 0 Å². The maximum absolute atomic E-state index is 2.40. The second kappa shape index (κ2) is 2.77. The van der Waals surface area contributed by atoms with Crippen LogP contribution in [0.15, 0.2) is 0 Å². The van der Waals surface area contributed by atoms with Crippen LogP contribution in [0.4, 0.5) is 0 Å². The summed E-state index contributed by atoms with van der Waals surface area (Å²) in [6, 6.07) is 0. The van der Waals surface area contributed by atoms with Gasteiger partial charge in [-0.25, -0.2) is 0 Å². The molecule has 1 aliphatic heterocycles. The first-order chi connectivity index (χ1) is 3.84. The largest absolute Gasteiger partial charge is 0.115 e. The monoisotopic (exact) mass is 131 g/mol. The van der Waals surface area contributed by atoms with Crippen molar-refractivity contribution < 1.29 is 0 Å². The fourth-order valence-corrected chi connectivity index (χ4v) is 3.65. The van der Waals surface area contributed by atoms with Crippen LogP contribution in [-0.2, 0) is 10.9 Å². The van der Waals surface area contributed by atoms with Crippen LogP contribution in [0.3, 0.4) is 0 Å². The molecule has 0 saturated carbocycles. The van der Waals surface area contributed by atoms with Crippen LogP contribution in [0.5, 0.6) is 0 Å². The van der Waals surface area contributed by atoms with Crippen molar-refractivity contribution in [1.29, 1.82) is 0 Å². The summed E-state index contributed by atoms with van der Waals surface area (Å²) in [6.45, 7) is 4.73. The molecular weight excluding hydrogens is 116 g/mol. The van der Waals surface area contributed by atoms with Gasteiger partial charge in [-0.15, -0.1) is 0 Å². The van der Waals surface area contributed by atoms with Crippen molar-refractivity contribution in [3.8, 4) is 0 Å². The van der Waals surface area contributed by atoms with Gasteiger partial charge in [-0.1, -0.05) is 0 Å². The molecule has 0 aromatic heterocycles. The Labute approximate surface area is 55.0 Å². The second-order valence-electron chi connectivity index (χ2n) is 2.48. The molecule has 1 fully saturated rings. The lowest BCUT2D eigenvalue weighted by atomic mass is 10.3. The lowest BCUT2D eigenvalue weighted by Crippen LogP contribution is -2.14. The van der Waals surface area contributed by atoms with E-state index in [0.29, 0.717) is 0 Å². The quantitative estimate of drug-likeness (QED) is 0.476. The molecule has 0 N–H and O–H groups in total. The van der Waals surface area contributed by atoms with Crippen molar-refractivity contribution in [3.63, 3.8) is 0 Å². The normalized spacial score (nSPS) is 38.2. The number of hydrogen-bond acceptors (Lipinski definition) is 0. The Morgan fingerprint density at radius 3 is 2.62 bits per heavy atom. The molecule has 1 aliphatic rings. The van der Waals surface area contributed by atoms with E-state index in [1.54, 1.807) is 0 Å². The van der Waals surface area contributed by atoms with E-state index in [4.69, 9.17) is 0 Å². The third-order valence-electron chi connectivity index (χ3n) is 1.96. The molecule has 1 saturated heterocycles. The van der Waals surface area contributed by atoms with Crippen LogP contribution in [0.2, 0.25) is 0 Å². The Bertz CT molecular complexity index is 70.8. The molecule has 2 unspecified atom stereocenters. The van der Waals surface area contributed by atoms with Gasteiger partial charge >= 0.3 is 0 Å². The molecule has 0 radical (unpaired) electrons. The van der Waals surface area contributed by atoms with E-state index in [1.807, 2.05) is 0 Å². The highest BCUT2D eigenvalue weighted by molar-refractivity contribution is 7.97. The molecule has 0 amide bonds. The van der Waals surface area contributed by atoms with E-state index in [2.05, 4.69) is 13.8 Å². The molecule has 8 heavy (non-hydrogen) atoms. The van der Waals surface area contributed by atoms with Crippen molar-refractivity contribution in [2.75, 3.05) is 11.5 Å². The van der Waals surface area contributed by atoms with Crippen molar-refractivity contribution >= 4 is 10.9 Å². The molecular formula is C7H15S+. The summed E-state index contributed by atoms with van der Waals surface area (Å²) in [6.07, 6.45) is 3.00. The Hall–Kier alpha value is 0.350. The molecule has 0 aromatic rings. The minimum atomic E-state index is 0.821. The highest BCUT2D eigenvalue weighted by Gasteiger charge is 2.29. The zero-order valence-corrected chi connectivity index (χ0v) is 6.63. The minimum absolute atomic E-state index is 0.821. The molecule has 0 aliphatic carbocycles. The molecule has 2 atom stereocenters. The summed E-state index contributed by atoms with van der Waals surface area (Å²) < 4.78 is 0. The summed E-state index contributed by atoms with van der Waals surface area (Å²) in [5.41, 5.74) is 0. The van der Waals surface area contributed by atoms with E-state index < -0.39 is 0 Å². The van der Waals surface area contributed by atoms with Gasteiger partial charge < -0.3 is 0 Å². The van der Waals surface area contributed by atoms with Crippen LogP contribution >= 0.6 is 0 Å². The zero-order chi connectivity index (χ0) is 5.98. The number of rotatable bonds is 1. The summed E-state index contributed by atoms with van der Waals surface area (Å²) in [5.74, 6) is 2.96. The molecule has 1 rings (SSSR count). The number of hydrogen-bond donors (Lipinski definition) is 0. The van der Waals surface area contributed by atoms with Gasteiger partial charge in [0, 0.05) is 0 Å². The lowest BCUT2D eigenvalue weighted by Gasteiger charge is -2.00. The Kier molecular flexibility index (Phi) is 2.24. The predicted molar refractivity (Wildman–Crippen MR) is 41.5 cm³/mol. The second-order valence-corrected chi connectivity index (χ2v) is 5.35. The van der Waals surface area contributed by atoms with Gasteiger partial charge in [0.05, 0.1) is 0 Å². The molecule has 0 aromatic carbocycles. The molecule has 0 bridgehead atoms. The van der Waals surface area contributed by atoms with Gasteiger partial charge in [-0.2, -0.15) is 0 Å². The van der Waals surface area contributed by atoms with Gasteiger partial charge in [-0.3, -0.25) is 0 Å². The van der Waals surface area contributed by atoms with Crippen LogP contribution in [0.25, 0.3) is 0 Å². The van der Waals surface area contributed by atoms with E-state index in [0.717, 1.165) is 16.1 Å². The summed E-state index contributed by atoms with van der Waals surface area (Å²) >= 11 is 0. The average Bonchev–Trinajstić information content (AvgIpc) is 2.14. The molecule has 48 valence electrons. The SMILES string of the molecule is CC[S+]1CCCC1C. The third-order valence-corrected chi connectivity index (χ3v) is 4.89. The third kappa shape index (κ3) is 1.19. The minimum Gasteiger partial charge on any atom is -0.0198 e. The predicted octanol–water partition coefficient (Wildman–Crippen LogP) is 1.81. The van der Waals surface area contributed by atoms with Crippen molar-refractivity contribution in [2.45, 2.75) is 31.9 Å². The average molecular weight is 131 g/mol. The first-order valence-electron chi connectivity index (χ1n) is 3.51. The van der Waals surface area contributed by atoms with E-state index in [9.17, 15) is 0 Å². The fraction of sp³-hybridized carbons (Fsp3) is 1.00. The van der Waals surface area contributed by atoms with Gasteiger partial charge in [0.1, 0.15) is 16.8 Å². The topological polar surface area (TPSA) is 0 Å². The maximum Gasteiger partial charge on any atom is 0.115 e. The summed E-state index contributed by atoms with van der Waals surface area (Å²) in [4.78, 5) is 0. The maximum atomic E-state index is 2.40. The molecule has 0 spiro atoms. The van der Waals surface area contributed by atoms with Crippen molar-refractivity contribution in [2.24, 2.45) is 0 Å². The first kappa shape index (κ1) is 6.47. The van der Waals surface area contributed by atoms with E-state index in [1.165, 1.54) is 24.3 Å².